The lowest BCUT2D eigenvalue weighted by Gasteiger charge is -2.33. The van der Waals surface area contributed by atoms with E-state index in [0.29, 0.717) is 37.3 Å². The fourth-order valence-electron chi connectivity index (χ4n) is 4.93. The molecule has 2 atom stereocenters. The minimum absolute atomic E-state index is 0.0454. The van der Waals surface area contributed by atoms with Crippen LogP contribution in [0.1, 0.15) is 51.9 Å². The zero-order chi connectivity index (χ0) is 24.3. The molecule has 0 radical (unpaired) electrons. The van der Waals surface area contributed by atoms with Gasteiger partial charge in [-0.05, 0) is 37.1 Å². The summed E-state index contributed by atoms with van der Waals surface area (Å²) in [5, 5.41) is 14.8. The maximum absolute atomic E-state index is 13.2. The van der Waals surface area contributed by atoms with Crippen LogP contribution in [0.2, 0.25) is 0 Å². The summed E-state index contributed by atoms with van der Waals surface area (Å²) in [6.45, 7) is 3.31. The number of nitrogens with one attached hydrogen (secondary N) is 1. The fourth-order valence-corrected chi connectivity index (χ4v) is 4.93. The summed E-state index contributed by atoms with van der Waals surface area (Å²) in [5.74, 6) is -1.26. The van der Waals surface area contributed by atoms with Gasteiger partial charge in [0.15, 0.2) is 5.69 Å². The van der Waals surface area contributed by atoms with Crippen molar-refractivity contribution in [2.45, 2.75) is 51.5 Å². The monoisotopic (exact) mass is 474 g/mol. The molecule has 0 aliphatic carbocycles. The number of nitrogens with zero attached hydrogens (tertiary/aromatic N) is 7. The highest BCUT2D eigenvalue weighted by Gasteiger charge is 2.39. The molecule has 12 heteroatoms. The van der Waals surface area contributed by atoms with Gasteiger partial charge in [-0.15, -0.1) is 5.10 Å². The summed E-state index contributed by atoms with van der Waals surface area (Å²) in [6.07, 6.45) is 3.79. The van der Waals surface area contributed by atoms with Crippen LogP contribution in [-0.4, -0.2) is 70.3 Å². The first-order valence-corrected chi connectivity index (χ1v) is 11.4. The lowest BCUT2D eigenvalue weighted by Crippen LogP contribution is -2.52. The molecular formula is C23H22N8O4. The van der Waals surface area contributed by atoms with Crippen LogP contribution in [0.15, 0.2) is 36.7 Å². The quantitative estimate of drug-likeness (QED) is 0.538. The van der Waals surface area contributed by atoms with Gasteiger partial charge in [-0.1, -0.05) is 11.3 Å². The Kier molecular flexibility index (Phi) is 4.76. The molecule has 0 spiro atoms. The van der Waals surface area contributed by atoms with E-state index in [1.54, 1.807) is 29.4 Å². The van der Waals surface area contributed by atoms with E-state index in [1.165, 1.54) is 9.58 Å². The second-order valence-electron chi connectivity index (χ2n) is 9.08. The van der Waals surface area contributed by atoms with Crippen molar-refractivity contribution in [1.29, 1.82) is 0 Å². The average molecular weight is 474 g/mol. The van der Waals surface area contributed by atoms with Crippen molar-refractivity contribution < 1.29 is 19.2 Å². The molecule has 5 heterocycles. The van der Waals surface area contributed by atoms with Gasteiger partial charge in [-0.3, -0.25) is 29.2 Å². The topological polar surface area (TPSA) is 135 Å². The Morgan fingerprint density at radius 3 is 2.83 bits per heavy atom. The van der Waals surface area contributed by atoms with Gasteiger partial charge in [0.25, 0.3) is 11.8 Å². The van der Waals surface area contributed by atoms with Crippen LogP contribution in [0.3, 0.4) is 0 Å². The highest BCUT2D eigenvalue weighted by Crippen LogP contribution is 2.29. The van der Waals surface area contributed by atoms with E-state index in [9.17, 15) is 19.2 Å². The maximum atomic E-state index is 13.2. The van der Waals surface area contributed by atoms with E-state index in [1.807, 2.05) is 23.7 Å². The minimum Gasteiger partial charge on any atom is -0.327 e. The molecule has 178 valence electrons. The van der Waals surface area contributed by atoms with Gasteiger partial charge in [0.05, 0.1) is 30.7 Å². The minimum atomic E-state index is -0.672. The molecule has 2 aromatic heterocycles. The van der Waals surface area contributed by atoms with Crippen LogP contribution in [0.5, 0.6) is 0 Å². The Bertz CT molecular complexity index is 1390. The molecular weight excluding hydrogens is 452 g/mol. The van der Waals surface area contributed by atoms with E-state index < -0.39 is 11.9 Å². The Morgan fingerprint density at radius 2 is 2.00 bits per heavy atom. The van der Waals surface area contributed by atoms with E-state index >= 15 is 0 Å². The molecule has 1 N–H and O–H groups in total. The molecule has 3 aromatic rings. The van der Waals surface area contributed by atoms with Crippen molar-refractivity contribution in [1.82, 2.24) is 39.9 Å². The number of piperidine rings is 1. The number of amides is 4. The van der Waals surface area contributed by atoms with Crippen molar-refractivity contribution in [2.75, 3.05) is 0 Å². The molecule has 1 saturated heterocycles. The number of benzene rings is 1. The van der Waals surface area contributed by atoms with Crippen molar-refractivity contribution in [2.24, 2.45) is 0 Å². The van der Waals surface area contributed by atoms with Gasteiger partial charge in [-0.25, -0.2) is 4.68 Å². The normalized spacial score (nSPS) is 21.7. The van der Waals surface area contributed by atoms with E-state index in [-0.39, 0.29) is 35.9 Å². The Hall–Kier alpha value is -4.35. The van der Waals surface area contributed by atoms with Crippen LogP contribution in [0.25, 0.3) is 5.69 Å². The largest absolute Gasteiger partial charge is 0.327 e. The van der Waals surface area contributed by atoms with Crippen molar-refractivity contribution in [3.63, 3.8) is 0 Å². The number of carbonyl (C=O) groups is 4. The summed E-state index contributed by atoms with van der Waals surface area (Å²) < 4.78 is 3.36. The first-order valence-electron chi connectivity index (χ1n) is 11.4. The average Bonchev–Trinajstić information content (AvgIpc) is 3.57. The molecule has 2 unspecified atom stereocenters. The molecule has 12 nitrogen and oxygen atoms in total. The van der Waals surface area contributed by atoms with Crippen LogP contribution >= 0.6 is 0 Å². The van der Waals surface area contributed by atoms with E-state index in [4.69, 9.17) is 0 Å². The molecule has 6 rings (SSSR count). The van der Waals surface area contributed by atoms with Gasteiger partial charge in [0.2, 0.25) is 11.8 Å². The van der Waals surface area contributed by atoms with Gasteiger partial charge < -0.3 is 9.80 Å². The molecule has 0 bridgehead atoms. The lowest BCUT2D eigenvalue weighted by atomic mass is 10.0. The Balaban J connectivity index is 1.22. The first kappa shape index (κ1) is 21.2. The number of rotatable bonds is 3. The predicted molar refractivity (Wildman–Crippen MR) is 119 cm³/mol. The molecule has 4 amide bonds. The van der Waals surface area contributed by atoms with Crippen LogP contribution in [0.4, 0.5) is 0 Å². The highest BCUT2D eigenvalue weighted by molar-refractivity contribution is 6.05. The third-order valence-corrected chi connectivity index (χ3v) is 6.86. The summed E-state index contributed by atoms with van der Waals surface area (Å²) >= 11 is 0. The summed E-state index contributed by atoms with van der Waals surface area (Å²) in [7, 11) is 0. The highest BCUT2D eigenvalue weighted by atomic mass is 16.2. The fraction of sp³-hybridized carbons (Fsp3) is 0.348. The van der Waals surface area contributed by atoms with Crippen LogP contribution in [-0.2, 0) is 29.2 Å². The van der Waals surface area contributed by atoms with Crippen molar-refractivity contribution >= 4 is 23.6 Å². The number of fused-ring (bicyclic) bond motifs is 2. The van der Waals surface area contributed by atoms with E-state index in [0.717, 1.165) is 11.3 Å². The maximum Gasteiger partial charge on any atom is 0.276 e. The van der Waals surface area contributed by atoms with Gasteiger partial charge in [0.1, 0.15) is 6.04 Å². The second-order valence-corrected chi connectivity index (χ2v) is 9.08. The predicted octanol–water partition coefficient (Wildman–Crippen LogP) is 0.269. The van der Waals surface area contributed by atoms with Crippen LogP contribution in [0, 0.1) is 0 Å². The molecule has 35 heavy (non-hydrogen) atoms. The van der Waals surface area contributed by atoms with Crippen molar-refractivity contribution in [3.05, 3.63) is 59.2 Å². The van der Waals surface area contributed by atoms with Crippen molar-refractivity contribution in [3.8, 4) is 5.69 Å². The number of imide groups is 1. The zero-order valence-corrected chi connectivity index (χ0v) is 18.9. The van der Waals surface area contributed by atoms with Gasteiger partial charge in [0, 0.05) is 30.8 Å². The molecule has 3 aliphatic heterocycles. The number of aromatic nitrogens is 5. The molecule has 0 saturated carbocycles. The third kappa shape index (κ3) is 3.49. The number of hydrogen-bond donors (Lipinski definition) is 1. The summed E-state index contributed by atoms with van der Waals surface area (Å²) in [5.41, 5.74) is 3.01. The SMILES string of the molecule is CC1Cn2nccc2CN1C(=O)c1cn(-c2ccc3c(c2)C(=O)N(C2CCC(=O)NC2=O)C3)nn1. The van der Waals surface area contributed by atoms with E-state index in [2.05, 4.69) is 20.7 Å². The number of carbonyl (C=O) groups excluding carboxylic acids is 4. The summed E-state index contributed by atoms with van der Waals surface area (Å²) in [4.78, 5) is 53.2. The lowest BCUT2D eigenvalue weighted by molar-refractivity contribution is -0.136. The smallest absolute Gasteiger partial charge is 0.276 e. The molecule has 1 fully saturated rings. The van der Waals surface area contributed by atoms with Gasteiger partial charge >= 0.3 is 0 Å². The Morgan fingerprint density at radius 1 is 1.14 bits per heavy atom. The first-order chi connectivity index (χ1) is 16.9. The molecule has 3 aliphatic rings. The zero-order valence-electron chi connectivity index (χ0n) is 18.9. The standard InChI is InChI=1S/C23H22N8O4/c1-13-9-30-16(6-7-24-30)11-28(13)23(35)18-12-31(27-26-18)15-3-2-14-10-29(22(34)17(14)8-15)19-4-5-20(32)25-21(19)33/h2-3,6-8,12-13,19H,4-5,9-11H2,1H3,(H,25,32,33). The second kappa shape index (κ2) is 7.86. The molecule has 1 aromatic carbocycles. The third-order valence-electron chi connectivity index (χ3n) is 6.86. The number of hydrogen-bond acceptors (Lipinski definition) is 7. The summed E-state index contributed by atoms with van der Waals surface area (Å²) in [6, 6.07) is 6.47. The van der Waals surface area contributed by atoms with Gasteiger partial charge in [-0.2, -0.15) is 5.10 Å². The van der Waals surface area contributed by atoms with Crippen LogP contribution < -0.4 is 5.32 Å². The Labute approximate surface area is 199 Å².